The monoisotopic (exact) mass is 382 g/mol. The van der Waals surface area contributed by atoms with Gasteiger partial charge in [0.2, 0.25) is 5.76 Å². The van der Waals surface area contributed by atoms with Crippen molar-refractivity contribution in [2.24, 2.45) is 0 Å². The minimum absolute atomic E-state index is 0.100. The van der Waals surface area contributed by atoms with Crippen molar-refractivity contribution in [3.63, 3.8) is 0 Å². The SMILES string of the molecule is Cc1cc2oc(=O)cc(COC(=O)c3oc4ccccc4c3C)c2cc1Cl. The maximum atomic E-state index is 12.5. The van der Waals surface area contributed by atoms with Crippen LogP contribution in [-0.4, -0.2) is 5.97 Å². The van der Waals surface area contributed by atoms with E-state index >= 15 is 0 Å². The summed E-state index contributed by atoms with van der Waals surface area (Å²) in [6.45, 7) is 3.52. The Morgan fingerprint density at radius 2 is 1.81 bits per heavy atom. The lowest BCUT2D eigenvalue weighted by atomic mass is 10.1. The van der Waals surface area contributed by atoms with E-state index in [-0.39, 0.29) is 12.4 Å². The van der Waals surface area contributed by atoms with E-state index in [2.05, 4.69) is 0 Å². The zero-order valence-corrected chi connectivity index (χ0v) is 15.4. The quantitative estimate of drug-likeness (QED) is 0.361. The third-order valence-electron chi connectivity index (χ3n) is 4.50. The van der Waals surface area contributed by atoms with E-state index in [1.807, 2.05) is 25.1 Å². The molecule has 0 fully saturated rings. The molecule has 2 heterocycles. The number of rotatable bonds is 3. The fourth-order valence-electron chi connectivity index (χ4n) is 3.05. The number of hydrogen-bond acceptors (Lipinski definition) is 5. The second-order valence-corrected chi connectivity index (χ2v) is 6.72. The molecule has 0 aliphatic heterocycles. The number of carbonyl (C=O) groups excluding carboxylic acids is 1. The van der Waals surface area contributed by atoms with Gasteiger partial charge in [-0.1, -0.05) is 29.8 Å². The number of para-hydroxylation sites is 1. The topological polar surface area (TPSA) is 69.7 Å². The molecule has 6 heteroatoms. The van der Waals surface area contributed by atoms with Gasteiger partial charge in [-0.2, -0.15) is 0 Å². The highest BCUT2D eigenvalue weighted by Gasteiger charge is 2.19. The van der Waals surface area contributed by atoms with Crippen LogP contribution < -0.4 is 5.63 Å². The Kier molecular flexibility index (Phi) is 4.24. The lowest BCUT2D eigenvalue weighted by Crippen LogP contribution is -2.08. The number of carbonyl (C=O) groups is 1. The largest absolute Gasteiger partial charge is 0.455 e. The lowest BCUT2D eigenvalue weighted by Gasteiger charge is -2.08. The molecule has 0 saturated heterocycles. The Bertz CT molecular complexity index is 1250. The molecular formula is C21H15ClO5. The summed E-state index contributed by atoms with van der Waals surface area (Å²) in [5.74, 6) is -0.444. The maximum absolute atomic E-state index is 12.5. The van der Waals surface area contributed by atoms with Crippen LogP contribution in [0.5, 0.6) is 0 Å². The van der Waals surface area contributed by atoms with Crippen LogP contribution in [0.4, 0.5) is 0 Å². The highest BCUT2D eigenvalue weighted by molar-refractivity contribution is 6.32. The molecule has 0 saturated carbocycles. The van der Waals surface area contributed by atoms with Crippen LogP contribution in [0, 0.1) is 13.8 Å². The van der Waals surface area contributed by atoms with Crippen molar-refractivity contribution in [1.82, 2.24) is 0 Å². The lowest BCUT2D eigenvalue weighted by molar-refractivity contribution is 0.0438. The van der Waals surface area contributed by atoms with Gasteiger partial charge in [0.1, 0.15) is 17.8 Å². The van der Waals surface area contributed by atoms with Gasteiger partial charge >= 0.3 is 11.6 Å². The molecular weight excluding hydrogens is 368 g/mol. The summed E-state index contributed by atoms with van der Waals surface area (Å²) in [6.07, 6.45) is 0. The molecule has 0 unspecified atom stereocenters. The van der Waals surface area contributed by atoms with Crippen LogP contribution in [0.1, 0.15) is 27.2 Å². The molecule has 0 atom stereocenters. The minimum Gasteiger partial charge on any atom is -0.455 e. The van der Waals surface area contributed by atoms with E-state index in [0.717, 1.165) is 10.9 Å². The number of halogens is 1. The first-order chi connectivity index (χ1) is 12.9. The van der Waals surface area contributed by atoms with Crippen molar-refractivity contribution in [1.29, 1.82) is 0 Å². The number of fused-ring (bicyclic) bond motifs is 2. The molecule has 0 bridgehead atoms. The Morgan fingerprint density at radius 1 is 1.04 bits per heavy atom. The standard InChI is InChI=1S/C21H15ClO5/c1-11-7-18-15(9-16(11)22)13(8-19(23)26-18)10-25-21(24)20-12(2)14-5-3-4-6-17(14)27-20/h3-9H,10H2,1-2H3. The molecule has 0 aliphatic rings. The summed E-state index contributed by atoms with van der Waals surface area (Å²) >= 11 is 6.18. The summed E-state index contributed by atoms with van der Waals surface area (Å²) < 4.78 is 16.2. The van der Waals surface area contributed by atoms with E-state index in [1.54, 1.807) is 25.1 Å². The average Bonchev–Trinajstić information content (AvgIpc) is 2.98. The van der Waals surface area contributed by atoms with Crippen LogP contribution in [-0.2, 0) is 11.3 Å². The fourth-order valence-corrected chi connectivity index (χ4v) is 3.21. The van der Waals surface area contributed by atoms with E-state index in [4.69, 9.17) is 25.2 Å². The van der Waals surface area contributed by atoms with Crippen molar-refractivity contribution in [2.45, 2.75) is 20.5 Å². The number of benzene rings is 2. The van der Waals surface area contributed by atoms with Crippen LogP contribution >= 0.6 is 11.6 Å². The van der Waals surface area contributed by atoms with Gasteiger partial charge in [0.25, 0.3) is 0 Å². The normalized spacial score (nSPS) is 11.2. The number of furan rings is 1. The summed E-state index contributed by atoms with van der Waals surface area (Å²) in [5, 5.41) is 2.02. The predicted molar refractivity (Wildman–Crippen MR) is 102 cm³/mol. The van der Waals surface area contributed by atoms with Crippen LogP contribution in [0.15, 0.2) is 56.1 Å². The van der Waals surface area contributed by atoms with Gasteiger partial charge in [-0.25, -0.2) is 9.59 Å². The van der Waals surface area contributed by atoms with E-state index < -0.39 is 11.6 Å². The Hall–Kier alpha value is -3.05. The number of ether oxygens (including phenoxy) is 1. The van der Waals surface area contributed by atoms with E-state index in [1.165, 1.54) is 6.07 Å². The smallest absolute Gasteiger partial charge is 0.374 e. The molecule has 4 rings (SSSR count). The van der Waals surface area contributed by atoms with Gasteiger partial charge in [-0.3, -0.25) is 0 Å². The molecule has 0 radical (unpaired) electrons. The minimum atomic E-state index is -0.594. The van der Waals surface area contributed by atoms with Crippen LogP contribution in [0.25, 0.3) is 21.9 Å². The molecule has 0 aliphatic carbocycles. The Balaban J connectivity index is 1.66. The molecule has 2 aromatic carbocycles. The van der Waals surface area contributed by atoms with E-state index in [9.17, 15) is 9.59 Å². The fraction of sp³-hybridized carbons (Fsp3) is 0.143. The first kappa shape index (κ1) is 17.4. The second kappa shape index (κ2) is 6.59. The average molecular weight is 383 g/mol. The Morgan fingerprint density at radius 3 is 2.59 bits per heavy atom. The van der Waals surface area contributed by atoms with E-state index in [0.29, 0.717) is 32.7 Å². The van der Waals surface area contributed by atoms with Gasteiger partial charge in [-0.15, -0.1) is 0 Å². The van der Waals surface area contributed by atoms with Crippen molar-refractivity contribution < 1.29 is 18.4 Å². The first-order valence-corrected chi connectivity index (χ1v) is 8.70. The summed E-state index contributed by atoms with van der Waals surface area (Å²) in [6, 6.07) is 12.1. The predicted octanol–water partition coefficient (Wildman–Crippen LogP) is 5.17. The maximum Gasteiger partial charge on any atom is 0.374 e. The zero-order valence-electron chi connectivity index (χ0n) is 14.7. The number of esters is 1. The summed E-state index contributed by atoms with van der Waals surface area (Å²) in [5.41, 5.74) is 2.52. The third-order valence-corrected chi connectivity index (χ3v) is 4.90. The molecule has 0 amide bonds. The van der Waals surface area contributed by atoms with Crippen LogP contribution in [0.2, 0.25) is 5.02 Å². The summed E-state index contributed by atoms with van der Waals surface area (Å²) in [4.78, 5) is 24.3. The van der Waals surface area contributed by atoms with Gasteiger partial charge in [-0.05, 0) is 37.6 Å². The molecule has 0 N–H and O–H groups in total. The highest BCUT2D eigenvalue weighted by atomic mass is 35.5. The number of hydrogen-bond donors (Lipinski definition) is 0. The molecule has 27 heavy (non-hydrogen) atoms. The Labute approximate surface area is 159 Å². The zero-order chi connectivity index (χ0) is 19.1. The van der Waals surface area contributed by atoms with Crippen molar-refractivity contribution in [3.8, 4) is 0 Å². The first-order valence-electron chi connectivity index (χ1n) is 8.32. The molecule has 2 aromatic heterocycles. The van der Waals surface area contributed by atoms with Gasteiger partial charge in [0.05, 0.1) is 0 Å². The van der Waals surface area contributed by atoms with Gasteiger partial charge in [0, 0.05) is 33.0 Å². The highest BCUT2D eigenvalue weighted by Crippen LogP contribution is 2.27. The van der Waals surface area contributed by atoms with Crippen molar-refractivity contribution in [2.75, 3.05) is 0 Å². The third kappa shape index (κ3) is 3.11. The molecule has 5 nitrogen and oxygen atoms in total. The number of aryl methyl sites for hydroxylation is 2. The summed E-state index contributed by atoms with van der Waals surface area (Å²) in [7, 11) is 0. The molecule has 0 spiro atoms. The molecule has 4 aromatic rings. The second-order valence-electron chi connectivity index (χ2n) is 6.32. The van der Waals surface area contributed by atoms with Crippen molar-refractivity contribution >= 4 is 39.5 Å². The molecule has 136 valence electrons. The van der Waals surface area contributed by atoms with Crippen molar-refractivity contribution in [3.05, 3.63) is 80.4 Å². The van der Waals surface area contributed by atoms with Gasteiger partial charge in [0.15, 0.2) is 0 Å². The van der Waals surface area contributed by atoms with Gasteiger partial charge < -0.3 is 13.6 Å². The van der Waals surface area contributed by atoms with Crippen LogP contribution in [0.3, 0.4) is 0 Å².